The van der Waals surface area contributed by atoms with Crippen molar-refractivity contribution < 1.29 is 15.0 Å². The monoisotopic (exact) mass is 358 g/mol. The van der Waals surface area contributed by atoms with E-state index in [2.05, 4.69) is 10.3 Å². The molecule has 5 nitrogen and oxygen atoms in total. The van der Waals surface area contributed by atoms with Gasteiger partial charge in [-0.2, -0.15) is 0 Å². The Morgan fingerprint density at radius 2 is 1.96 bits per heavy atom. The van der Waals surface area contributed by atoms with Gasteiger partial charge in [-0.25, -0.2) is 9.78 Å². The minimum atomic E-state index is -0.910. The first-order chi connectivity index (χ1) is 12.1. The third-order valence-corrected chi connectivity index (χ3v) is 6.35. The summed E-state index contributed by atoms with van der Waals surface area (Å²) in [5.41, 5.74) is 2.32. The van der Waals surface area contributed by atoms with E-state index in [-0.39, 0.29) is 6.10 Å². The van der Waals surface area contributed by atoms with Crippen LogP contribution in [0.25, 0.3) is 10.6 Å². The van der Waals surface area contributed by atoms with E-state index in [1.54, 1.807) is 23.5 Å². The lowest BCUT2D eigenvalue weighted by Crippen LogP contribution is -2.26. The van der Waals surface area contributed by atoms with Crippen LogP contribution in [0, 0.1) is 11.8 Å². The van der Waals surface area contributed by atoms with E-state index in [1.807, 2.05) is 12.1 Å². The van der Waals surface area contributed by atoms with E-state index < -0.39 is 5.97 Å². The van der Waals surface area contributed by atoms with Gasteiger partial charge in [0, 0.05) is 30.6 Å². The maximum atomic E-state index is 10.9. The topological polar surface area (TPSA) is 73.7 Å². The number of hydrogen-bond donors (Lipinski definition) is 2. The average Bonchev–Trinajstić information content (AvgIpc) is 3.21. The minimum Gasteiger partial charge on any atom is -0.478 e. The van der Waals surface area contributed by atoms with Crippen LogP contribution >= 0.6 is 11.3 Å². The van der Waals surface area contributed by atoms with Crippen LogP contribution < -0.4 is 0 Å². The standard InChI is InChI=1S/C19H22N2O3S/c22-17-6-5-14-8-21(9-15(14)7-17)10-16-11-25-18(20-16)12-1-3-13(4-2-12)19(23)24/h1-4,11,14-15,17,22H,5-10H2,(H,23,24)/t14-,15+,17-/m1/s1. The molecule has 0 bridgehead atoms. The molecule has 25 heavy (non-hydrogen) atoms. The van der Waals surface area contributed by atoms with Crippen molar-refractivity contribution in [2.75, 3.05) is 13.1 Å². The molecule has 132 valence electrons. The summed E-state index contributed by atoms with van der Waals surface area (Å²) in [4.78, 5) is 18.1. The maximum absolute atomic E-state index is 10.9. The number of aromatic nitrogens is 1. The molecule has 2 fully saturated rings. The number of carboxylic acid groups (broad SMARTS) is 1. The molecule has 0 amide bonds. The number of carboxylic acids is 1. The van der Waals surface area contributed by atoms with E-state index in [1.165, 1.54) is 0 Å². The average molecular weight is 358 g/mol. The van der Waals surface area contributed by atoms with Crippen LogP contribution in [0.4, 0.5) is 0 Å². The number of hydrogen-bond acceptors (Lipinski definition) is 5. The zero-order valence-electron chi connectivity index (χ0n) is 14.0. The van der Waals surface area contributed by atoms with Gasteiger partial charge < -0.3 is 10.2 Å². The van der Waals surface area contributed by atoms with Gasteiger partial charge in [0.2, 0.25) is 0 Å². The number of rotatable bonds is 4. The van der Waals surface area contributed by atoms with Gasteiger partial charge >= 0.3 is 5.97 Å². The molecule has 4 rings (SSSR count). The third-order valence-electron chi connectivity index (χ3n) is 5.41. The highest BCUT2D eigenvalue weighted by atomic mass is 32.1. The van der Waals surface area contributed by atoms with Crippen LogP contribution in [0.5, 0.6) is 0 Å². The van der Waals surface area contributed by atoms with Crippen molar-refractivity contribution in [1.29, 1.82) is 0 Å². The zero-order chi connectivity index (χ0) is 17.4. The highest BCUT2D eigenvalue weighted by Crippen LogP contribution is 2.37. The van der Waals surface area contributed by atoms with Crippen LogP contribution in [0.15, 0.2) is 29.6 Å². The normalized spacial score (nSPS) is 26.5. The summed E-state index contributed by atoms with van der Waals surface area (Å²) in [6.45, 7) is 3.02. The van der Waals surface area contributed by atoms with Gasteiger partial charge in [0.05, 0.1) is 17.4 Å². The highest BCUT2D eigenvalue weighted by Gasteiger charge is 2.37. The number of nitrogens with zero attached hydrogens (tertiary/aromatic N) is 2. The van der Waals surface area contributed by atoms with Crippen LogP contribution in [0.2, 0.25) is 0 Å². The molecule has 1 aliphatic carbocycles. The van der Waals surface area contributed by atoms with Crippen molar-refractivity contribution in [3.8, 4) is 10.6 Å². The number of benzene rings is 1. The second-order valence-corrected chi connectivity index (χ2v) is 8.07. The first kappa shape index (κ1) is 16.7. The molecule has 3 atom stereocenters. The summed E-state index contributed by atoms with van der Waals surface area (Å²) < 4.78 is 0. The van der Waals surface area contributed by atoms with E-state index in [0.717, 1.165) is 61.1 Å². The molecule has 1 saturated carbocycles. The molecule has 1 aromatic carbocycles. The minimum absolute atomic E-state index is 0.110. The number of likely N-dealkylation sites (tertiary alicyclic amines) is 1. The van der Waals surface area contributed by atoms with Crippen LogP contribution in [0.3, 0.4) is 0 Å². The fraction of sp³-hybridized carbons (Fsp3) is 0.474. The maximum Gasteiger partial charge on any atom is 0.335 e. The molecular weight excluding hydrogens is 336 g/mol. The SMILES string of the molecule is O=C(O)c1ccc(-c2nc(CN3C[C@H]4CC[C@@H](O)C[C@H]4C3)cs2)cc1. The van der Waals surface area contributed by atoms with E-state index in [4.69, 9.17) is 10.1 Å². The van der Waals surface area contributed by atoms with Crippen molar-refractivity contribution >= 4 is 17.3 Å². The summed E-state index contributed by atoms with van der Waals surface area (Å²) in [7, 11) is 0. The van der Waals surface area contributed by atoms with Gasteiger partial charge in [-0.05, 0) is 43.2 Å². The summed E-state index contributed by atoms with van der Waals surface area (Å²) >= 11 is 1.60. The van der Waals surface area contributed by atoms with Crippen LogP contribution in [-0.2, 0) is 6.54 Å². The molecule has 2 aliphatic rings. The predicted octanol–water partition coefficient (Wildman–Crippen LogP) is 3.10. The second-order valence-electron chi connectivity index (χ2n) is 7.21. The van der Waals surface area contributed by atoms with Gasteiger partial charge in [-0.15, -0.1) is 11.3 Å². The van der Waals surface area contributed by atoms with Gasteiger partial charge in [-0.3, -0.25) is 4.90 Å². The smallest absolute Gasteiger partial charge is 0.335 e. The molecule has 2 heterocycles. The number of thiazole rings is 1. The Balaban J connectivity index is 1.41. The number of aromatic carboxylic acids is 1. The Hall–Kier alpha value is -1.76. The first-order valence-electron chi connectivity index (χ1n) is 8.77. The van der Waals surface area contributed by atoms with Crippen molar-refractivity contribution in [3.63, 3.8) is 0 Å². The van der Waals surface area contributed by atoms with Gasteiger partial charge in [0.25, 0.3) is 0 Å². The molecule has 2 N–H and O–H groups in total. The van der Waals surface area contributed by atoms with Gasteiger partial charge in [0.1, 0.15) is 5.01 Å². The lowest BCUT2D eigenvalue weighted by Gasteiger charge is -2.27. The molecular formula is C19H22N2O3S. The molecule has 0 unspecified atom stereocenters. The number of fused-ring (bicyclic) bond motifs is 1. The molecule has 2 aromatic rings. The summed E-state index contributed by atoms with van der Waals surface area (Å²) in [6, 6.07) is 6.88. The summed E-state index contributed by atoms with van der Waals surface area (Å²) in [5, 5.41) is 21.9. The van der Waals surface area contributed by atoms with E-state index in [9.17, 15) is 9.90 Å². The number of aliphatic hydroxyl groups is 1. The number of aliphatic hydroxyl groups excluding tert-OH is 1. The largest absolute Gasteiger partial charge is 0.478 e. The quantitative estimate of drug-likeness (QED) is 0.878. The van der Waals surface area contributed by atoms with Gasteiger partial charge in [0.15, 0.2) is 0 Å². The number of carbonyl (C=O) groups is 1. The molecule has 0 spiro atoms. The van der Waals surface area contributed by atoms with Crippen molar-refractivity contribution in [1.82, 2.24) is 9.88 Å². The molecule has 1 saturated heterocycles. The van der Waals surface area contributed by atoms with Crippen LogP contribution in [-0.4, -0.2) is 45.3 Å². The molecule has 6 heteroatoms. The molecule has 0 radical (unpaired) electrons. The second kappa shape index (κ2) is 6.86. The van der Waals surface area contributed by atoms with E-state index >= 15 is 0 Å². The van der Waals surface area contributed by atoms with E-state index in [0.29, 0.717) is 11.5 Å². The Morgan fingerprint density at radius 3 is 2.72 bits per heavy atom. The highest BCUT2D eigenvalue weighted by molar-refractivity contribution is 7.13. The first-order valence-corrected chi connectivity index (χ1v) is 9.65. The lowest BCUT2D eigenvalue weighted by molar-refractivity contribution is 0.0696. The van der Waals surface area contributed by atoms with Crippen molar-refractivity contribution in [2.24, 2.45) is 11.8 Å². The lowest BCUT2D eigenvalue weighted by atomic mass is 9.80. The third kappa shape index (κ3) is 3.61. The summed E-state index contributed by atoms with van der Waals surface area (Å²) in [6.07, 6.45) is 2.92. The Bertz CT molecular complexity index is 758. The fourth-order valence-corrected chi connectivity index (χ4v) is 4.95. The Kier molecular flexibility index (Phi) is 4.58. The summed E-state index contributed by atoms with van der Waals surface area (Å²) in [5.74, 6) is 0.447. The van der Waals surface area contributed by atoms with Gasteiger partial charge in [-0.1, -0.05) is 12.1 Å². The van der Waals surface area contributed by atoms with Crippen LogP contribution in [0.1, 0.15) is 35.3 Å². The van der Waals surface area contributed by atoms with Crippen molar-refractivity contribution in [2.45, 2.75) is 31.9 Å². The fourth-order valence-electron chi connectivity index (χ4n) is 4.13. The molecule has 1 aromatic heterocycles. The Labute approximate surface area is 150 Å². The van der Waals surface area contributed by atoms with Crippen molar-refractivity contribution in [3.05, 3.63) is 40.9 Å². The zero-order valence-corrected chi connectivity index (χ0v) is 14.8. The molecule has 1 aliphatic heterocycles. The predicted molar refractivity (Wildman–Crippen MR) is 96.6 cm³/mol. The Morgan fingerprint density at radius 1 is 1.20 bits per heavy atom.